The van der Waals surface area contributed by atoms with Crippen molar-refractivity contribution < 1.29 is 29.2 Å². The van der Waals surface area contributed by atoms with Gasteiger partial charge in [0.1, 0.15) is 17.6 Å². The summed E-state index contributed by atoms with van der Waals surface area (Å²) >= 11 is 0. The van der Waals surface area contributed by atoms with Crippen molar-refractivity contribution in [3.05, 3.63) is 64.5 Å². The SMILES string of the molecule is Cc1nc(OCCC(C)(C)O)nc(C)c1-c1cccc2c1CC[C@H]2Oc1ccc2c(c1)OCC2CC(=O)O. The molecule has 0 saturated carbocycles. The Morgan fingerprint density at radius 2 is 1.89 bits per heavy atom. The Kier molecular flexibility index (Phi) is 7.01. The first-order valence-corrected chi connectivity index (χ1v) is 13.1. The van der Waals surface area contributed by atoms with Crippen LogP contribution in [0.2, 0.25) is 0 Å². The number of carbonyl (C=O) groups is 1. The Balaban J connectivity index is 1.35. The molecule has 2 N–H and O–H groups in total. The van der Waals surface area contributed by atoms with Crippen LogP contribution in [0.5, 0.6) is 17.5 Å². The lowest BCUT2D eigenvalue weighted by atomic mass is 9.95. The smallest absolute Gasteiger partial charge is 0.316 e. The lowest BCUT2D eigenvalue weighted by molar-refractivity contribution is -0.137. The maximum atomic E-state index is 11.1. The molecule has 0 radical (unpaired) electrons. The van der Waals surface area contributed by atoms with Crippen LogP contribution < -0.4 is 14.2 Å². The molecule has 1 aliphatic carbocycles. The largest absolute Gasteiger partial charge is 0.492 e. The van der Waals surface area contributed by atoms with E-state index in [1.54, 1.807) is 13.8 Å². The fourth-order valence-corrected chi connectivity index (χ4v) is 5.38. The first-order valence-electron chi connectivity index (χ1n) is 13.1. The predicted molar refractivity (Wildman–Crippen MR) is 142 cm³/mol. The number of aliphatic hydroxyl groups is 1. The number of fused-ring (bicyclic) bond motifs is 2. The molecule has 0 saturated heterocycles. The minimum atomic E-state index is -0.825. The molecular formula is C30H34N2O6. The Hall–Kier alpha value is -3.65. The number of carboxylic acids is 1. The molecule has 2 aromatic carbocycles. The van der Waals surface area contributed by atoms with Gasteiger partial charge in [-0.15, -0.1) is 0 Å². The summed E-state index contributed by atoms with van der Waals surface area (Å²) in [6, 6.07) is 12.3. The molecule has 2 atom stereocenters. The first-order chi connectivity index (χ1) is 18.1. The third-order valence-corrected chi connectivity index (χ3v) is 7.24. The van der Waals surface area contributed by atoms with Crippen LogP contribution in [0.25, 0.3) is 11.1 Å². The molecule has 1 aromatic heterocycles. The zero-order chi connectivity index (χ0) is 27.0. The molecule has 1 unspecified atom stereocenters. The van der Waals surface area contributed by atoms with E-state index >= 15 is 0 Å². The van der Waals surface area contributed by atoms with Gasteiger partial charge in [-0.05, 0) is 63.3 Å². The highest BCUT2D eigenvalue weighted by atomic mass is 16.5. The lowest BCUT2D eigenvalue weighted by Gasteiger charge is -2.18. The summed E-state index contributed by atoms with van der Waals surface area (Å²) < 4.78 is 17.9. The Morgan fingerprint density at radius 3 is 2.61 bits per heavy atom. The summed E-state index contributed by atoms with van der Waals surface area (Å²) in [4.78, 5) is 20.3. The average Bonchev–Trinajstić information content (AvgIpc) is 3.42. The molecule has 2 aliphatic rings. The quantitative estimate of drug-likeness (QED) is 0.392. The van der Waals surface area contributed by atoms with Gasteiger partial charge in [-0.3, -0.25) is 4.79 Å². The number of nitrogens with zero attached hydrogens (tertiary/aromatic N) is 2. The van der Waals surface area contributed by atoms with Crippen molar-refractivity contribution in [2.75, 3.05) is 13.2 Å². The molecule has 0 fully saturated rings. The average molecular weight is 519 g/mol. The molecule has 2 heterocycles. The molecule has 5 rings (SSSR count). The minimum absolute atomic E-state index is 0.0580. The Labute approximate surface area is 222 Å². The van der Waals surface area contributed by atoms with Crippen molar-refractivity contribution >= 4 is 5.97 Å². The third-order valence-electron chi connectivity index (χ3n) is 7.24. The second-order valence-electron chi connectivity index (χ2n) is 10.8. The van der Waals surface area contributed by atoms with Crippen molar-refractivity contribution in [1.82, 2.24) is 9.97 Å². The normalized spacial score (nSPS) is 18.0. The van der Waals surface area contributed by atoms with Gasteiger partial charge in [-0.1, -0.05) is 24.3 Å². The fraction of sp³-hybridized carbons (Fsp3) is 0.433. The summed E-state index contributed by atoms with van der Waals surface area (Å²) in [5.41, 5.74) is 6.32. The predicted octanol–water partition coefficient (Wildman–Crippen LogP) is 5.32. The zero-order valence-corrected chi connectivity index (χ0v) is 22.3. The first kappa shape index (κ1) is 26.0. The molecular weight excluding hydrogens is 484 g/mol. The van der Waals surface area contributed by atoms with E-state index in [-0.39, 0.29) is 18.4 Å². The van der Waals surface area contributed by atoms with E-state index in [0.717, 1.165) is 46.5 Å². The molecule has 38 heavy (non-hydrogen) atoms. The number of ether oxygens (including phenoxy) is 3. The number of hydrogen-bond acceptors (Lipinski definition) is 7. The van der Waals surface area contributed by atoms with Gasteiger partial charge in [0, 0.05) is 29.5 Å². The van der Waals surface area contributed by atoms with Gasteiger partial charge in [0.05, 0.1) is 36.6 Å². The molecule has 200 valence electrons. The highest BCUT2D eigenvalue weighted by Gasteiger charge is 2.30. The van der Waals surface area contributed by atoms with E-state index in [2.05, 4.69) is 22.1 Å². The van der Waals surface area contributed by atoms with Gasteiger partial charge in [0.15, 0.2) is 0 Å². The van der Waals surface area contributed by atoms with Gasteiger partial charge >= 0.3 is 12.0 Å². The number of aryl methyl sites for hydroxylation is 2. The number of rotatable bonds is 9. The maximum absolute atomic E-state index is 11.1. The Morgan fingerprint density at radius 1 is 1.13 bits per heavy atom. The van der Waals surface area contributed by atoms with E-state index in [1.807, 2.05) is 38.1 Å². The van der Waals surface area contributed by atoms with E-state index in [1.165, 1.54) is 5.56 Å². The standard InChI is InChI=1S/C30H34N2O6/c1-17-28(18(2)32-29(31-17)36-13-12-30(3,4)35)24-7-5-6-23-22(24)10-11-25(23)38-20-8-9-21-19(14-27(33)34)16-37-26(21)15-20/h5-9,15,19,25,35H,10-14,16H2,1-4H3,(H,33,34)/t19?,25-/m1/s1. The van der Waals surface area contributed by atoms with Crippen LogP contribution in [0.3, 0.4) is 0 Å². The maximum Gasteiger partial charge on any atom is 0.316 e. The van der Waals surface area contributed by atoms with E-state index in [9.17, 15) is 9.90 Å². The highest BCUT2D eigenvalue weighted by Crippen LogP contribution is 2.43. The summed E-state index contributed by atoms with van der Waals surface area (Å²) in [6.07, 6.45) is 2.18. The number of benzene rings is 2. The molecule has 0 amide bonds. The van der Waals surface area contributed by atoms with E-state index in [4.69, 9.17) is 19.3 Å². The molecule has 0 bridgehead atoms. The second kappa shape index (κ2) is 10.3. The molecule has 8 nitrogen and oxygen atoms in total. The van der Waals surface area contributed by atoms with Gasteiger partial charge in [-0.2, -0.15) is 9.97 Å². The van der Waals surface area contributed by atoms with E-state index in [0.29, 0.717) is 37.1 Å². The molecule has 0 spiro atoms. The topological polar surface area (TPSA) is 111 Å². The lowest BCUT2D eigenvalue weighted by Crippen LogP contribution is -2.22. The molecule has 3 aromatic rings. The second-order valence-corrected chi connectivity index (χ2v) is 10.8. The van der Waals surface area contributed by atoms with Gasteiger partial charge < -0.3 is 24.4 Å². The number of aromatic nitrogens is 2. The van der Waals surface area contributed by atoms with Crippen LogP contribution >= 0.6 is 0 Å². The minimum Gasteiger partial charge on any atom is -0.492 e. The zero-order valence-electron chi connectivity index (χ0n) is 22.3. The van der Waals surface area contributed by atoms with Crippen LogP contribution in [0.4, 0.5) is 0 Å². The van der Waals surface area contributed by atoms with Crippen LogP contribution in [-0.4, -0.2) is 45.0 Å². The summed E-state index contributed by atoms with van der Waals surface area (Å²) in [5, 5.41) is 19.1. The van der Waals surface area contributed by atoms with Gasteiger partial charge in [0.2, 0.25) is 0 Å². The van der Waals surface area contributed by atoms with Crippen LogP contribution in [-0.2, 0) is 11.2 Å². The number of hydrogen-bond donors (Lipinski definition) is 2. The monoisotopic (exact) mass is 518 g/mol. The van der Waals surface area contributed by atoms with Crippen LogP contribution in [0.15, 0.2) is 36.4 Å². The van der Waals surface area contributed by atoms with Crippen molar-refractivity contribution in [2.24, 2.45) is 0 Å². The molecule has 8 heteroatoms. The Bertz CT molecular complexity index is 1340. The summed E-state index contributed by atoms with van der Waals surface area (Å²) in [7, 11) is 0. The summed E-state index contributed by atoms with van der Waals surface area (Å²) in [5.74, 6) is 0.465. The fourth-order valence-electron chi connectivity index (χ4n) is 5.38. The van der Waals surface area contributed by atoms with Crippen LogP contribution in [0.1, 0.15) is 73.2 Å². The highest BCUT2D eigenvalue weighted by molar-refractivity contribution is 5.73. The van der Waals surface area contributed by atoms with E-state index < -0.39 is 11.6 Å². The number of carboxylic acid groups (broad SMARTS) is 1. The van der Waals surface area contributed by atoms with Crippen molar-refractivity contribution in [3.63, 3.8) is 0 Å². The van der Waals surface area contributed by atoms with Gasteiger partial charge in [-0.25, -0.2) is 0 Å². The van der Waals surface area contributed by atoms with Gasteiger partial charge in [0.25, 0.3) is 0 Å². The number of aliphatic carboxylic acids is 1. The van der Waals surface area contributed by atoms with Crippen molar-refractivity contribution in [2.45, 2.75) is 71.0 Å². The van der Waals surface area contributed by atoms with Crippen LogP contribution in [0, 0.1) is 13.8 Å². The van der Waals surface area contributed by atoms with Crippen molar-refractivity contribution in [1.29, 1.82) is 0 Å². The van der Waals surface area contributed by atoms with Crippen molar-refractivity contribution in [3.8, 4) is 28.6 Å². The summed E-state index contributed by atoms with van der Waals surface area (Å²) in [6.45, 7) is 8.16. The molecule has 1 aliphatic heterocycles. The third kappa shape index (κ3) is 5.45.